The smallest absolute Gasteiger partial charge is 0.0622 e. The van der Waals surface area contributed by atoms with Crippen LogP contribution in [0.5, 0.6) is 0 Å². The molecule has 12 heavy (non-hydrogen) atoms. The van der Waals surface area contributed by atoms with Crippen LogP contribution in [0.1, 0.15) is 4.11 Å². The fourth-order valence-corrected chi connectivity index (χ4v) is 1.09. The van der Waals surface area contributed by atoms with Crippen molar-refractivity contribution >= 4 is 0 Å². The van der Waals surface area contributed by atoms with Crippen LogP contribution in [-0.4, -0.2) is 0 Å². The van der Waals surface area contributed by atoms with E-state index in [0.717, 1.165) is 11.1 Å². The Hall–Kier alpha value is -1.56. The van der Waals surface area contributed by atoms with Crippen molar-refractivity contribution in [3.8, 4) is 11.1 Å². The highest BCUT2D eigenvalue weighted by Gasteiger charge is 1.91. The minimum Gasteiger partial charge on any atom is -0.0622 e. The fourth-order valence-electron chi connectivity index (χ4n) is 1.09. The van der Waals surface area contributed by atoms with Gasteiger partial charge < -0.3 is 0 Å². The fraction of sp³-hybridized carbons (Fsp3) is 0. The van der Waals surface area contributed by atoms with Gasteiger partial charge in [0.15, 0.2) is 0 Å². The zero-order chi connectivity index (χ0) is 10.8. The first-order valence-corrected chi connectivity index (χ1v) is 3.82. The van der Waals surface area contributed by atoms with Crippen LogP contribution in [0.4, 0.5) is 0 Å². The van der Waals surface area contributed by atoms with Gasteiger partial charge in [0, 0.05) is 0 Å². The summed E-state index contributed by atoms with van der Waals surface area (Å²) in [6.07, 6.45) is 0. The number of hydrogen-bond acceptors (Lipinski definition) is 0. The molecule has 2 aromatic carbocycles. The van der Waals surface area contributed by atoms with Gasteiger partial charge in [0.2, 0.25) is 0 Å². The van der Waals surface area contributed by atoms with E-state index in [9.17, 15) is 0 Å². The lowest BCUT2D eigenvalue weighted by molar-refractivity contribution is 1.62. The largest absolute Gasteiger partial charge is 0.0629 e. The second-order valence-electron chi connectivity index (χ2n) is 2.50. The molecule has 0 saturated heterocycles. The van der Waals surface area contributed by atoms with E-state index in [-0.39, 0.29) is 12.1 Å². The second-order valence-corrected chi connectivity index (χ2v) is 2.50. The van der Waals surface area contributed by atoms with Crippen LogP contribution in [-0.2, 0) is 0 Å². The van der Waals surface area contributed by atoms with E-state index in [2.05, 4.69) is 0 Å². The quantitative estimate of drug-likeness (QED) is 0.595. The molecule has 0 unspecified atom stereocenters. The maximum atomic E-state index is 7.72. The standard InChI is InChI=1S/C12H10/c1-3-7-11(8-4-1)12-9-5-2-6-10-12/h1-10H/i1D,3D,9D. The molecule has 0 aromatic heterocycles. The predicted molar refractivity (Wildman–Crippen MR) is 51.9 cm³/mol. The monoisotopic (exact) mass is 157 g/mol. The van der Waals surface area contributed by atoms with Crippen molar-refractivity contribution in [2.24, 2.45) is 0 Å². The minimum atomic E-state index is 0.191. The summed E-state index contributed by atoms with van der Waals surface area (Å²) in [6.45, 7) is 0. The van der Waals surface area contributed by atoms with Gasteiger partial charge in [-0.2, -0.15) is 0 Å². The lowest BCUT2D eigenvalue weighted by atomic mass is 10.1. The maximum absolute atomic E-state index is 7.72. The highest BCUT2D eigenvalue weighted by Crippen LogP contribution is 2.17. The Morgan fingerprint density at radius 1 is 0.750 bits per heavy atom. The summed E-state index contributed by atoms with van der Waals surface area (Å²) in [6, 6.07) is 13.1. The number of benzene rings is 2. The van der Waals surface area contributed by atoms with Crippen LogP contribution >= 0.6 is 0 Å². The summed E-state index contributed by atoms with van der Waals surface area (Å²) in [5.74, 6) is 0. The first kappa shape index (κ1) is 4.46. The Balaban J connectivity index is 2.55. The summed E-state index contributed by atoms with van der Waals surface area (Å²) in [4.78, 5) is 0. The Labute approximate surface area is 76.7 Å². The zero-order valence-corrected chi connectivity index (χ0v) is 6.54. The minimum absolute atomic E-state index is 0.191. The Kier molecular flexibility index (Phi) is 1.20. The SMILES string of the molecule is [2H]c1ccc(-c2ccccc2[2H])cc1[2H]. The molecule has 0 amide bonds. The Morgan fingerprint density at radius 3 is 2.50 bits per heavy atom. The summed E-state index contributed by atoms with van der Waals surface area (Å²) in [7, 11) is 0. The average Bonchev–Trinajstić information content (AvgIpc) is 2.23. The topological polar surface area (TPSA) is 0 Å². The van der Waals surface area contributed by atoms with Crippen LogP contribution in [0.25, 0.3) is 11.1 Å². The van der Waals surface area contributed by atoms with Crippen molar-refractivity contribution in [1.29, 1.82) is 0 Å². The number of rotatable bonds is 1. The maximum Gasteiger partial charge on any atom is 0.0629 e. The molecule has 2 aromatic rings. The van der Waals surface area contributed by atoms with E-state index >= 15 is 0 Å². The first-order valence-electron chi connectivity index (χ1n) is 5.32. The van der Waals surface area contributed by atoms with Gasteiger partial charge in [0.1, 0.15) is 0 Å². The van der Waals surface area contributed by atoms with Gasteiger partial charge in [-0.25, -0.2) is 0 Å². The molecule has 0 saturated carbocycles. The summed E-state index contributed by atoms with van der Waals surface area (Å²) < 4.78 is 22.7. The molecule has 0 aliphatic carbocycles. The molecule has 58 valence electrons. The lowest BCUT2D eigenvalue weighted by Gasteiger charge is -1.98. The summed E-state index contributed by atoms with van der Waals surface area (Å²) in [5, 5.41) is 0. The molecule has 0 radical (unpaired) electrons. The van der Waals surface area contributed by atoms with Crippen molar-refractivity contribution < 1.29 is 4.11 Å². The van der Waals surface area contributed by atoms with Crippen LogP contribution in [0.2, 0.25) is 0 Å². The molecule has 0 bridgehead atoms. The molecular formula is C12H10. The molecule has 0 heterocycles. The second kappa shape index (κ2) is 3.22. The van der Waals surface area contributed by atoms with E-state index in [0.29, 0.717) is 6.04 Å². The van der Waals surface area contributed by atoms with Gasteiger partial charge in [-0.3, -0.25) is 0 Å². The van der Waals surface area contributed by atoms with Crippen molar-refractivity contribution in [3.05, 3.63) is 60.6 Å². The molecule has 0 atom stereocenters. The molecule has 0 nitrogen and oxygen atoms in total. The van der Waals surface area contributed by atoms with E-state index in [1.54, 1.807) is 24.3 Å². The third-order valence-corrected chi connectivity index (χ3v) is 1.68. The summed E-state index contributed by atoms with van der Waals surface area (Å²) >= 11 is 0. The first-order chi connectivity index (χ1) is 7.18. The van der Waals surface area contributed by atoms with Crippen LogP contribution in [0, 0.1) is 0 Å². The van der Waals surface area contributed by atoms with Crippen molar-refractivity contribution in [3.63, 3.8) is 0 Å². The number of hydrogen-bond donors (Lipinski definition) is 0. The zero-order valence-electron chi connectivity index (χ0n) is 9.54. The normalized spacial score (nSPS) is 13.2. The van der Waals surface area contributed by atoms with Gasteiger partial charge >= 0.3 is 0 Å². The van der Waals surface area contributed by atoms with Gasteiger partial charge in [0.25, 0.3) is 0 Å². The highest BCUT2D eigenvalue weighted by atomic mass is 14.0. The Bertz CT molecular complexity index is 492. The van der Waals surface area contributed by atoms with Crippen molar-refractivity contribution in [2.75, 3.05) is 0 Å². The Morgan fingerprint density at radius 2 is 1.67 bits per heavy atom. The lowest BCUT2D eigenvalue weighted by Crippen LogP contribution is -1.73. The van der Waals surface area contributed by atoms with Gasteiger partial charge in [-0.1, -0.05) is 60.6 Å². The molecule has 0 N–H and O–H groups in total. The molecule has 0 aliphatic heterocycles. The van der Waals surface area contributed by atoms with E-state index in [1.807, 2.05) is 18.2 Å². The molecule has 0 aliphatic rings. The van der Waals surface area contributed by atoms with Crippen molar-refractivity contribution in [2.45, 2.75) is 0 Å². The third-order valence-electron chi connectivity index (χ3n) is 1.68. The van der Waals surface area contributed by atoms with Gasteiger partial charge in [-0.05, 0) is 11.1 Å². The van der Waals surface area contributed by atoms with Crippen LogP contribution in [0.3, 0.4) is 0 Å². The average molecular weight is 157 g/mol. The van der Waals surface area contributed by atoms with Crippen molar-refractivity contribution in [1.82, 2.24) is 0 Å². The molecule has 0 heteroatoms. The van der Waals surface area contributed by atoms with Gasteiger partial charge in [0.05, 0.1) is 4.11 Å². The molecular weight excluding hydrogens is 144 g/mol. The van der Waals surface area contributed by atoms with E-state index < -0.39 is 0 Å². The molecule has 0 fully saturated rings. The van der Waals surface area contributed by atoms with E-state index in [1.165, 1.54) is 0 Å². The third kappa shape index (κ3) is 1.37. The summed E-state index contributed by atoms with van der Waals surface area (Å²) in [5.41, 5.74) is 1.62. The van der Waals surface area contributed by atoms with E-state index in [4.69, 9.17) is 4.11 Å². The van der Waals surface area contributed by atoms with Crippen LogP contribution < -0.4 is 0 Å². The highest BCUT2D eigenvalue weighted by molar-refractivity contribution is 5.62. The van der Waals surface area contributed by atoms with Gasteiger partial charge in [-0.15, -0.1) is 0 Å². The van der Waals surface area contributed by atoms with Crippen LogP contribution in [0.15, 0.2) is 60.6 Å². The molecule has 0 spiro atoms. The predicted octanol–water partition coefficient (Wildman–Crippen LogP) is 3.35. The molecule has 2 rings (SSSR count).